The Balaban J connectivity index is 2.12. The topological polar surface area (TPSA) is 80.3 Å². The summed E-state index contributed by atoms with van der Waals surface area (Å²) in [5.41, 5.74) is 0. The zero-order valence-electron chi connectivity index (χ0n) is 17.3. The number of ether oxygens (including phenoxy) is 3. The van der Waals surface area contributed by atoms with E-state index in [1.807, 2.05) is 0 Å². The summed E-state index contributed by atoms with van der Waals surface area (Å²) in [5, 5.41) is -0.0171. The third-order valence-corrected chi connectivity index (χ3v) is 10.4. The Morgan fingerprint density at radius 3 is 2.48 bits per heavy atom. The van der Waals surface area contributed by atoms with Crippen LogP contribution in [0.4, 0.5) is 0 Å². The van der Waals surface area contributed by atoms with Crippen molar-refractivity contribution in [2.24, 2.45) is 0 Å². The lowest BCUT2D eigenvalue weighted by Crippen LogP contribution is -2.53. The van der Waals surface area contributed by atoms with Gasteiger partial charge in [-0.05, 0) is 43.5 Å². The zero-order valence-corrected chi connectivity index (χ0v) is 19.1. The lowest BCUT2D eigenvalue weighted by molar-refractivity contribution is -0.187. The molecule has 2 aliphatic heterocycles. The van der Waals surface area contributed by atoms with Gasteiger partial charge in [0.05, 0.1) is 25.2 Å². The molecule has 0 aromatic heterocycles. The molecule has 7 nitrogen and oxygen atoms in total. The standard InChI is InChI=1S/C18H34O7SSi/c1-18(2,3)27(5,6)25-14-10-12-21-15(17(14)24-26(4,19)20)13-23-16-9-7-8-11-22-16/h10,12,14-17H,7-9,11,13H2,1-6H3/t14-,15+,16?,17+/m0/s1. The van der Waals surface area contributed by atoms with E-state index < -0.39 is 36.7 Å². The molecule has 9 heteroatoms. The van der Waals surface area contributed by atoms with Crippen molar-refractivity contribution in [3.05, 3.63) is 12.3 Å². The average Bonchev–Trinajstić information content (AvgIpc) is 2.53. The van der Waals surface area contributed by atoms with E-state index in [-0.39, 0.29) is 17.9 Å². The van der Waals surface area contributed by atoms with Gasteiger partial charge < -0.3 is 18.6 Å². The molecule has 0 aromatic rings. The fourth-order valence-corrected chi connectivity index (χ4v) is 4.63. The first kappa shape index (κ1) is 22.8. The molecule has 0 spiro atoms. The van der Waals surface area contributed by atoms with Gasteiger partial charge in [-0.1, -0.05) is 20.8 Å². The second-order valence-electron chi connectivity index (χ2n) is 8.74. The SMILES string of the molecule is CC(C)(C)[Si](C)(C)O[C@H]1C=CO[C@H](COC2CCCCO2)[C@@H]1OS(C)(=O)=O. The fourth-order valence-electron chi connectivity index (χ4n) is 2.74. The van der Waals surface area contributed by atoms with Crippen LogP contribution >= 0.6 is 0 Å². The predicted octanol–water partition coefficient (Wildman–Crippen LogP) is 3.18. The summed E-state index contributed by atoms with van der Waals surface area (Å²) in [5.74, 6) is 0. The molecule has 158 valence electrons. The van der Waals surface area contributed by atoms with Crippen molar-refractivity contribution in [1.29, 1.82) is 0 Å². The molecular formula is C18H34O7SSi. The molecule has 0 aromatic carbocycles. The van der Waals surface area contributed by atoms with Crippen LogP contribution in [0.15, 0.2) is 12.3 Å². The molecule has 2 rings (SSSR count). The second-order valence-corrected chi connectivity index (χ2v) is 15.1. The Labute approximate surface area is 164 Å². The van der Waals surface area contributed by atoms with E-state index in [4.69, 9.17) is 22.8 Å². The van der Waals surface area contributed by atoms with Gasteiger partial charge in [-0.25, -0.2) is 0 Å². The van der Waals surface area contributed by atoms with E-state index in [0.717, 1.165) is 25.5 Å². The molecule has 27 heavy (non-hydrogen) atoms. The normalized spacial score (nSPS) is 30.1. The third-order valence-electron chi connectivity index (χ3n) is 5.32. The maximum absolute atomic E-state index is 11.8. The van der Waals surface area contributed by atoms with Gasteiger partial charge in [0.1, 0.15) is 6.10 Å². The Morgan fingerprint density at radius 2 is 1.93 bits per heavy atom. The zero-order chi connectivity index (χ0) is 20.3. The van der Waals surface area contributed by atoms with Crippen molar-refractivity contribution in [3.8, 4) is 0 Å². The number of hydrogen-bond donors (Lipinski definition) is 0. The van der Waals surface area contributed by atoms with Gasteiger partial charge in [-0.3, -0.25) is 4.18 Å². The lowest BCUT2D eigenvalue weighted by atomic mass is 10.1. The first-order chi connectivity index (χ1) is 12.4. The molecule has 0 aliphatic carbocycles. The van der Waals surface area contributed by atoms with Gasteiger partial charge >= 0.3 is 0 Å². The summed E-state index contributed by atoms with van der Waals surface area (Å²) in [6.07, 6.45) is 5.02. The molecule has 0 bridgehead atoms. The Kier molecular flexibility index (Phi) is 7.54. The van der Waals surface area contributed by atoms with Crippen LogP contribution in [0.1, 0.15) is 40.0 Å². The highest BCUT2D eigenvalue weighted by molar-refractivity contribution is 7.86. The molecule has 1 unspecified atom stereocenters. The van der Waals surface area contributed by atoms with Crippen molar-refractivity contribution >= 4 is 18.4 Å². The molecule has 0 amide bonds. The first-order valence-electron chi connectivity index (χ1n) is 9.50. The smallest absolute Gasteiger partial charge is 0.264 e. The molecule has 0 radical (unpaired) electrons. The van der Waals surface area contributed by atoms with Crippen LogP contribution in [0.5, 0.6) is 0 Å². The molecule has 0 N–H and O–H groups in total. The summed E-state index contributed by atoms with van der Waals surface area (Å²) in [6, 6.07) is 0. The van der Waals surface area contributed by atoms with E-state index in [2.05, 4.69) is 33.9 Å². The van der Waals surface area contributed by atoms with E-state index in [1.54, 1.807) is 12.3 Å². The van der Waals surface area contributed by atoms with Crippen molar-refractivity contribution in [3.63, 3.8) is 0 Å². The number of rotatable bonds is 7. The Hall–Kier alpha value is -0.453. The lowest BCUT2D eigenvalue weighted by Gasteiger charge is -2.42. The van der Waals surface area contributed by atoms with Crippen LogP contribution in [0, 0.1) is 0 Å². The molecule has 0 saturated carbocycles. The van der Waals surface area contributed by atoms with E-state index in [0.29, 0.717) is 6.61 Å². The highest BCUT2D eigenvalue weighted by atomic mass is 32.2. The summed E-state index contributed by atoms with van der Waals surface area (Å²) >= 11 is 0. The van der Waals surface area contributed by atoms with Crippen LogP contribution in [0.2, 0.25) is 18.1 Å². The molecule has 4 atom stereocenters. The minimum Gasteiger partial charge on any atom is -0.493 e. The minimum absolute atomic E-state index is 0.0171. The predicted molar refractivity (Wildman–Crippen MR) is 105 cm³/mol. The summed E-state index contributed by atoms with van der Waals surface area (Å²) in [6.45, 7) is 11.5. The summed E-state index contributed by atoms with van der Waals surface area (Å²) < 4.78 is 52.5. The average molecular weight is 423 g/mol. The van der Waals surface area contributed by atoms with Crippen molar-refractivity contribution < 1.29 is 31.2 Å². The summed E-state index contributed by atoms with van der Waals surface area (Å²) in [7, 11) is -5.83. The van der Waals surface area contributed by atoms with E-state index in [1.165, 1.54) is 0 Å². The van der Waals surface area contributed by atoms with Crippen molar-refractivity contribution in [1.82, 2.24) is 0 Å². The quantitative estimate of drug-likeness (QED) is 0.460. The van der Waals surface area contributed by atoms with Crippen LogP contribution in [0.3, 0.4) is 0 Å². The monoisotopic (exact) mass is 422 g/mol. The fraction of sp³-hybridized carbons (Fsp3) is 0.889. The van der Waals surface area contributed by atoms with Crippen LogP contribution in [-0.4, -0.2) is 60.8 Å². The number of hydrogen-bond acceptors (Lipinski definition) is 7. The highest BCUT2D eigenvalue weighted by Crippen LogP contribution is 2.39. The largest absolute Gasteiger partial charge is 0.493 e. The van der Waals surface area contributed by atoms with Crippen LogP contribution < -0.4 is 0 Å². The summed E-state index contributed by atoms with van der Waals surface area (Å²) in [4.78, 5) is 0. The van der Waals surface area contributed by atoms with Crippen LogP contribution in [-0.2, 0) is 32.9 Å². The molecule has 1 fully saturated rings. The van der Waals surface area contributed by atoms with E-state index >= 15 is 0 Å². The van der Waals surface area contributed by atoms with Crippen molar-refractivity contribution in [2.75, 3.05) is 19.5 Å². The molecule has 2 aliphatic rings. The third kappa shape index (κ3) is 6.83. The maximum atomic E-state index is 11.8. The molecule has 2 heterocycles. The molecule has 1 saturated heterocycles. The van der Waals surface area contributed by atoms with Gasteiger partial charge in [0.25, 0.3) is 10.1 Å². The highest BCUT2D eigenvalue weighted by Gasteiger charge is 2.44. The van der Waals surface area contributed by atoms with Gasteiger partial charge in [-0.2, -0.15) is 8.42 Å². The Morgan fingerprint density at radius 1 is 1.22 bits per heavy atom. The van der Waals surface area contributed by atoms with Crippen LogP contribution in [0.25, 0.3) is 0 Å². The Bertz CT molecular complexity index is 606. The minimum atomic E-state index is -3.69. The van der Waals surface area contributed by atoms with Gasteiger partial charge in [0, 0.05) is 6.61 Å². The molecular weight excluding hydrogens is 388 g/mol. The van der Waals surface area contributed by atoms with Crippen molar-refractivity contribution in [2.45, 2.75) is 82.8 Å². The first-order valence-corrected chi connectivity index (χ1v) is 14.2. The maximum Gasteiger partial charge on any atom is 0.264 e. The van der Waals surface area contributed by atoms with E-state index in [9.17, 15) is 8.42 Å². The van der Waals surface area contributed by atoms with Gasteiger partial charge in [-0.15, -0.1) is 0 Å². The second kappa shape index (κ2) is 8.92. The van der Waals surface area contributed by atoms with Gasteiger partial charge in [0.2, 0.25) is 0 Å². The van der Waals surface area contributed by atoms with Gasteiger partial charge in [0.15, 0.2) is 20.7 Å².